The molecule has 6 rings (SSSR count). The van der Waals surface area contributed by atoms with Gasteiger partial charge in [-0.3, -0.25) is 0 Å². The average molecular weight is 386 g/mol. The first-order chi connectivity index (χ1) is 14.2. The molecule has 0 saturated carbocycles. The molecule has 1 aromatic heterocycles. The zero-order valence-corrected chi connectivity index (χ0v) is 16.4. The fourth-order valence-electron chi connectivity index (χ4n) is 5.35. The third-order valence-electron chi connectivity index (χ3n) is 6.72. The molecule has 0 unspecified atom stereocenters. The molecule has 1 saturated heterocycles. The Morgan fingerprint density at radius 2 is 1.86 bits per heavy atom. The topological polar surface area (TPSA) is 26.2 Å². The van der Waals surface area contributed by atoms with Gasteiger partial charge in [0.1, 0.15) is 5.82 Å². The minimum Gasteiger partial charge on any atom is -0.378 e. The van der Waals surface area contributed by atoms with Crippen LogP contribution in [-0.4, -0.2) is 11.2 Å². The lowest BCUT2D eigenvalue weighted by Gasteiger charge is -2.43. The molecule has 0 spiro atoms. The van der Waals surface area contributed by atoms with Gasteiger partial charge in [0.05, 0.1) is 12.1 Å². The summed E-state index contributed by atoms with van der Waals surface area (Å²) in [6, 6.07) is 20.5. The predicted octanol–water partition coefficient (Wildman–Crippen LogP) is 6.11. The number of rotatable bonds is 1. The standard InChI is InChI=1S/C25H23FN2O/c1-28-22-7-3-2-5-17(22)19-13-15(8-11-23(19)28)24-18-6-4-12-29-25(18)20-14-16(26)9-10-21(20)27-24/h2-3,5,7-11,13-14,18,24-25,27H,4,6,12H2,1H3/t18-,24+,25+/m0/s1. The molecule has 0 bridgehead atoms. The van der Waals surface area contributed by atoms with Gasteiger partial charge < -0.3 is 14.6 Å². The van der Waals surface area contributed by atoms with Crippen LogP contribution in [0, 0.1) is 11.7 Å². The summed E-state index contributed by atoms with van der Waals surface area (Å²) < 4.78 is 22.3. The van der Waals surface area contributed by atoms with Gasteiger partial charge in [-0.1, -0.05) is 24.3 Å². The van der Waals surface area contributed by atoms with Crippen molar-refractivity contribution in [1.29, 1.82) is 0 Å². The zero-order valence-electron chi connectivity index (χ0n) is 16.4. The van der Waals surface area contributed by atoms with Crippen LogP contribution in [0.3, 0.4) is 0 Å². The van der Waals surface area contributed by atoms with Crippen LogP contribution < -0.4 is 5.32 Å². The molecule has 3 heterocycles. The molecule has 2 aliphatic heterocycles. The molecular formula is C25H23FN2O. The summed E-state index contributed by atoms with van der Waals surface area (Å²) in [7, 11) is 2.12. The number of hydrogen-bond donors (Lipinski definition) is 1. The van der Waals surface area contributed by atoms with Crippen molar-refractivity contribution in [3.8, 4) is 0 Å². The molecule has 0 aliphatic carbocycles. The van der Waals surface area contributed by atoms with Crippen molar-refractivity contribution in [3.05, 3.63) is 77.6 Å². The van der Waals surface area contributed by atoms with Gasteiger partial charge in [-0.2, -0.15) is 0 Å². The maximum atomic E-state index is 13.9. The summed E-state index contributed by atoms with van der Waals surface area (Å²) >= 11 is 0. The summed E-state index contributed by atoms with van der Waals surface area (Å²) in [6.07, 6.45) is 2.07. The normalized spacial score (nSPS) is 23.6. The molecular weight excluding hydrogens is 363 g/mol. The number of nitrogens with one attached hydrogen (secondary N) is 1. The Kier molecular flexibility index (Phi) is 3.72. The lowest BCUT2D eigenvalue weighted by molar-refractivity contribution is -0.0382. The van der Waals surface area contributed by atoms with E-state index >= 15 is 0 Å². The van der Waals surface area contributed by atoms with E-state index in [0.29, 0.717) is 5.92 Å². The van der Waals surface area contributed by atoms with Crippen LogP contribution in [0.15, 0.2) is 60.7 Å². The molecule has 1 fully saturated rings. The van der Waals surface area contributed by atoms with E-state index < -0.39 is 0 Å². The van der Waals surface area contributed by atoms with Crippen molar-refractivity contribution in [2.75, 3.05) is 11.9 Å². The summed E-state index contributed by atoms with van der Waals surface area (Å²) in [6.45, 7) is 0.742. The van der Waals surface area contributed by atoms with Crippen molar-refractivity contribution in [3.63, 3.8) is 0 Å². The molecule has 3 aromatic carbocycles. The van der Waals surface area contributed by atoms with E-state index in [1.165, 1.54) is 33.4 Å². The summed E-state index contributed by atoms with van der Waals surface area (Å²) in [4.78, 5) is 0. The van der Waals surface area contributed by atoms with E-state index in [-0.39, 0.29) is 18.0 Å². The van der Waals surface area contributed by atoms with Gasteiger partial charge in [-0.05, 0) is 54.8 Å². The minimum atomic E-state index is -0.200. The molecule has 3 atom stereocenters. The first-order valence-electron chi connectivity index (χ1n) is 10.4. The summed E-state index contributed by atoms with van der Waals surface area (Å²) in [5.41, 5.74) is 5.69. The second-order valence-corrected chi connectivity index (χ2v) is 8.30. The predicted molar refractivity (Wildman–Crippen MR) is 115 cm³/mol. The molecule has 3 nitrogen and oxygen atoms in total. The number of benzene rings is 3. The smallest absolute Gasteiger partial charge is 0.123 e. The van der Waals surface area contributed by atoms with Gasteiger partial charge in [0.2, 0.25) is 0 Å². The first-order valence-corrected chi connectivity index (χ1v) is 10.4. The first kappa shape index (κ1) is 17.0. The van der Waals surface area contributed by atoms with Crippen LogP contribution in [0.5, 0.6) is 0 Å². The maximum absolute atomic E-state index is 13.9. The fraction of sp³-hybridized carbons (Fsp3) is 0.280. The van der Waals surface area contributed by atoms with Crippen molar-refractivity contribution in [1.82, 2.24) is 4.57 Å². The van der Waals surface area contributed by atoms with Crippen LogP contribution >= 0.6 is 0 Å². The van der Waals surface area contributed by atoms with Crippen molar-refractivity contribution in [2.24, 2.45) is 13.0 Å². The molecule has 4 heteroatoms. The van der Waals surface area contributed by atoms with Gasteiger partial charge in [-0.15, -0.1) is 0 Å². The van der Waals surface area contributed by atoms with Crippen molar-refractivity contribution < 1.29 is 9.13 Å². The van der Waals surface area contributed by atoms with Gasteiger partial charge in [0.15, 0.2) is 0 Å². The third kappa shape index (κ3) is 2.52. The van der Waals surface area contributed by atoms with E-state index in [1.807, 2.05) is 6.07 Å². The lowest BCUT2D eigenvalue weighted by Crippen LogP contribution is -2.36. The molecule has 4 aromatic rings. The monoisotopic (exact) mass is 386 g/mol. The third-order valence-corrected chi connectivity index (χ3v) is 6.72. The number of hydrogen-bond acceptors (Lipinski definition) is 2. The minimum absolute atomic E-state index is 0.0519. The molecule has 29 heavy (non-hydrogen) atoms. The van der Waals surface area contributed by atoms with Gasteiger partial charge in [0, 0.05) is 52.6 Å². The van der Waals surface area contributed by atoms with E-state index in [0.717, 1.165) is 30.7 Å². The number of nitrogens with zero attached hydrogens (tertiary/aromatic N) is 1. The zero-order chi connectivity index (χ0) is 19.5. The van der Waals surface area contributed by atoms with Crippen LogP contribution in [0.1, 0.15) is 36.1 Å². The van der Waals surface area contributed by atoms with E-state index in [9.17, 15) is 4.39 Å². The number of aromatic nitrogens is 1. The van der Waals surface area contributed by atoms with Gasteiger partial charge in [-0.25, -0.2) is 4.39 Å². The highest BCUT2D eigenvalue weighted by Crippen LogP contribution is 2.49. The number of para-hydroxylation sites is 1. The second kappa shape index (κ2) is 6.33. The maximum Gasteiger partial charge on any atom is 0.123 e. The van der Waals surface area contributed by atoms with Crippen molar-refractivity contribution >= 4 is 27.5 Å². The summed E-state index contributed by atoms with van der Waals surface area (Å²) in [5.74, 6) is 0.0968. The van der Waals surface area contributed by atoms with Gasteiger partial charge >= 0.3 is 0 Å². The highest BCUT2D eigenvalue weighted by molar-refractivity contribution is 6.08. The Morgan fingerprint density at radius 3 is 2.79 bits per heavy atom. The molecule has 146 valence electrons. The Bertz CT molecular complexity index is 1240. The van der Waals surface area contributed by atoms with Crippen LogP contribution in [0.2, 0.25) is 0 Å². The number of fused-ring (bicyclic) bond motifs is 6. The SMILES string of the molecule is Cn1c2ccccc2c2cc([C@H]3Nc4ccc(F)cc4[C@@H]4OCCC[C@@H]34)ccc21. The fourth-order valence-corrected chi connectivity index (χ4v) is 5.35. The van der Waals surface area contributed by atoms with Crippen molar-refractivity contribution in [2.45, 2.75) is 25.0 Å². The Balaban J connectivity index is 1.51. The van der Waals surface area contributed by atoms with E-state index in [1.54, 1.807) is 6.07 Å². The molecule has 0 radical (unpaired) electrons. The highest BCUT2D eigenvalue weighted by Gasteiger charge is 2.40. The van der Waals surface area contributed by atoms with Crippen LogP contribution in [0.4, 0.5) is 10.1 Å². The molecule has 0 amide bonds. The number of aryl methyl sites for hydroxylation is 1. The van der Waals surface area contributed by atoms with E-state index in [2.05, 4.69) is 59.4 Å². The number of halogens is 1. The lowest BCUT2D eigenvalue weighted by atomic mass is 9.77. The van der Waals surface area contributed by atoms with Gasteiger partial charge in [0.25, 0.3) is 0 Å². The molecule has 1 N–H and O–H groups in total. The quantitative estimate of drug-likeness (QED) is 0.427. The Morgan fingerprint density at radius 1 is 1.00 bits per heavy atom. The van der Waals surface area contributed by atoms with E-state index in [4.69, 9.17) is 4.74 Å². The average Bonchev–Trinajstić information content (AvgIpc) is 3.05. The second-order valence-electron chi connectivity index (χ2n) is 8.30. The van der Waals surface area contributed by atoms with Crippen LogP contribution in [0.25, 0.3) is 21.8 Å². The Hall–Kier alpha value is -2.85. The summed E-state index contributed by atoms with van der Waals surface area (Å²) in [5, 5.41) is 6.26. The number of anilines is 1. The highest BCUT2D eigenvalue weighted by atomic mass is 19.1. The Labute approximate surface area is 169 Å². The molecule has 2 aliphatic rings. The largest absolute Gasteiger partial charge is 0.378 e. The number of ether oxygens (including phenoxy) is 1. The van der Waals surface area contributed by atoms with Crippen LogP contribution in [-0.2, 0) is 11.8 Å².